The molecule has 0 aliphatic heterocycles. The summed E-state index contributed by atoms with van der Waals surface area (Å²) in [4.78, 5) is 0. The zero-order valence-corrected chi connectivity index (χ0v) is 13.3. The van der Waals surface area contributed by atoms with E-state index >= 15 is 0 Å². The highest BCUT2D eigenvalue weighted by Crippen LogP contribution is 2.29. The average Bonchev–Trinajstić information content (AvgIpc) is 3.13. The summed E-state index contributed by atoms with van der Waals surface area (Å²) in [5.74, 6) is 1.15. The second-order valence-electron chi connectivity index (χ2n) is 6.37. The largest absolute Gasteiger partial charge is 0.0773 e. The van der Waals surface area contributed by atoms with E-state index in [2.05, 4.69) is 75.4 Å². The van der Waals surface area contributed by atoms with Crippen molar-refractivity contribution in [1.82, 2.24) is 0 Å². The molecule has 0 spiro atoms. The van der Waals surface area contributed by atoms with Crippen molar-refractivity contribution in [3.63, 3.8) is 0 Å². The second kappa shape index (κ2) is 5.89. The molecule has 0 fully saturated rings. The van der Waals surface area contributed by atoms with Crippen LogP contribution in [0.25, 0.3) is 0 Å². The summed E-state index contributed by atoms with van der Waals surface area (Å²) in [6, 6.07) is 2.38. The third kappa shape index (κ3) is 2.95. The van der Waals surface area contributed by atoms with Crippen LogP contribution in [0.3, 0.4) is 0 Å². The molecule has 0 heterocycles. The van der Waals surface area contributed by atoms with Crippen molar-refractivity contribution in [2.75, 3.05) is 0 Å². The lowest BCUT2D eigenvalue weighted by Crippen LogP contribution is -2.08. The molecule has 2 aliphatic carbocycles. The Labute approximate surface area is 128 Å². The highest BCUT2D eigenvalue weighted by atomic mass is 14.2. The van der Waals surface area contributed by atoms with Gasteiger partial charge in [0.15, 0.2) is 0 Å². The van der Waals surface area contributed by atoms with Crippen molar-refractivity contribution in [3.8, 4) is 0 Å². The number of rotatable bonds is 4. The van der Waals surface area contributed by atoms with Gasteiger partial charge in [0.05, 0.1) is 0 Å². The lowest BCUT2D eigenvalue weighted by molar-refractivity contribution is 0.777. The summed E-state index contributed by atoms with van der Waals surface area (Å²) < 4.78 is 0. The van der Waals surface area contributed by atoms with E-state index in [1.54, 1.807) is 11.1 Å². The second-order valence-corrected chi connectivity index (χ2v) is 6.37. The first-order valence-electron chi connectivity index (χ1n) is 7.93. The molecule has 0 heteroatoms. The molecule has 0 nitrogen and oxygen atoms in total. The van der Waals surface area contributed by atoms with Crippen LogP contribution in [0.1, 0.15) is 27.8 Å². The summed E-state index contributed by atoms with van der Waals surface area (Å²) in [7, 11) is 0. The molecule has 108 valence electrons. The first kappa shape index (κ1) is 14.1. The Morgan fingerprint density at radius 2 is 1.05 bits per heavy atom. The third-order valence-corrected chi connectivity index (χ3v) is 4.83. The van der Waals surface area contributed by atoms with Crippen LogP contribution in [-0.2, 0) is 12.8 Å². The van der Waals surface area contributed by atoms with E-state index in [9.17, 15) is 0 Å². The molecular weight excluding hydrogens is 252 g/mol. The zero-order valence-electron chi connectivity index (χ0n) is 13.3. The molecule has 0 bridgehead atoms. The molecule has 0 saturated heterocycles. The molecule has 0 atom stereocenters. The SMILES string of the molecule is Cc1cc(C)c(CC2C=CC=C2)c(C)c1CC1C=CC=C1. The van der Waals surface area contributed by atoms with Gasteiger partial charge >= 0.3 is 0 Å². The highest BCUT2D eigenvalue weighted by molar-refractivity contribution is 5.46. The van der Waals surface area contributed by atoms with Gasteiger partial charge in [-0.25, -0.2) is 0 Å². The van der Waals surface area contributed by atoms with Crippen LogP contribution in [0, 0.1) is 32.6 Å². The molecule has 0 amide bonds. The fourth-order valence-electron chi connectivity index (χ4n) is 3.60. The Morgan fingerprint density at radius 3 is 1.43 bits per heavy atom. The summed E-state index contributed by atoms with van der Waals surface area (Å²) >= 11 is 0. The Morgan fingerprint density at radius 1 is 0.667 bits per heavy atom. The van der Waals surface area contributed by atoms with E-state index in [0.29, 0.717) is 11.8 Å². The van der Waals surface area contributed by atoms with E-state index in [4.69, 9.17) is 0 Å². The van der Waals surface area contributed by atoms with Crippen LogP contribution in [0.5, 0.6) is 0 Å². The summed E-state index contributed by atoms with van der Waals surface area (Å²) in [5.41, 5.74) is 7.49. The van der Waals surface area contributed by atoms with Crippen LogP contribution in [0.4, 0.5) is 0 Å². The highest BCUT2D eigenvalue weighted by Gasteiger charge is 2.16. The lowest BCUT2D eigenvalue weighted by Gasteiger charge is -2.20. The fourth-order valence-corrected chi connectivity index (χ4v) is 3.60. The van der Waals surface area contributed by atoms with E-state index in [1.165, 1.54) is 16.7 Å². The lowest BCUT2D eigenvalue weighted by atomic mass is 9.85. The molecule has 0 aromatic heterocycles. The molecule has 1 aromatic carbocycles. The molecule has 1 aromatic rings. The van der Waals surface area contributed by atoms with Gasteiger partial charge in [0.2, 0.25) is 0 Å². The van der Waals surface area contributed by atoms with E-state index in [-0.39, 0.29) is 0 Å². The van der Waals surface area contributed by atoms with Gasteiger partial charge in [-0.3, -0.25) is 0 Å². The van der Waals surface area contributed by atoms with Crippen molar-refractivity contribution in [2.24, 2.45) is 11.8 Å². The predicted octanol–water partition coefficient (Wildman–Crippen LogP) is 5.18. The van der Waals surface area contributed by atoms with Crippen LogP contribution in [0.15, 0.2) is 54.7 Å². The predicted molar refractivity (Wildman–Crippen MR) is 91.6 cm³/mol. The van der Waals surface area contributed by atoms with E-state index in [1.807, 2.05) is 0 Å². The Balaban J connectivity index is 1.92. The minimum absolute atomic E-state index is 0.573. The topological polar surface area (TPSA) is 0 Å². The fraction of sp³-hybridized carbons (Fsp3) is 0.333. The zero-order chi connectivity index (χ0) is 14.8. The van der Waals surface area contributed by atoms with Crippen molar-refractivity contribution >= 4 is 0 Å². The molecule has 0 unspecified atom stereocenters. The Bertz CT molecular complexity index is 575. The van der Waals surface area contributed by atoms with Crippen molar-refractivity contribution in [3.05, 3.63) is 82.5 Å². The minimum atomic E-state index is 0.573. The maximum atomic E-state index is 2.38. The normalized spacial score (nSPS) is 17.5. The van der Waals surface area contributed by atoms with Crippen LogP contribution in [0.2, 0.25) is 0 Å². The molecule has 0 radical (unpaired) electrons. The Hall–Kier alpha value is -1.82. The summed E-state index contributed by atoms with van der Waals surface area (Å²) in [5, 5.41) is 0. The number of aryl methyl sites for hydroxylation is 2. The maximum Gasteiger partial charge on any atom is -0.000663 e. The van der Waals surface area contributed by atoms with Gasteiger partial charge in [0, 0.05) is 0 Å². The summed E-state index contributed by atoms with van der Waals surface area (Å²) in [6.45, 7) is 6.84. The van der Waals surface area contributed by atoms with Crippen molar-refractivity contribution < 1.29 is 0 Å². The minimum Gasteiger partial charge on any atom is -0.0773 e. The van der Waals surface area contributed by atoms with Gasteiger partial charge in [0.25, 0.3) is 0 Å². The van der Waals surface area contributed by atoms with Crippen molar-refractivity contribution in [1.29, 1.82) is 0 Å². The first-order valence-corrected chi connectivity index (χ1v) is 7.93. The number of hydrogen-bond acceptors (Lipinski definition) is 0. The molecule has 0 saturated carbocycles. The van der Waals surface area contributed by atoms with Gasteiger partial charge in [-0.1, -0.05) is 54.7 Å². The third-order valence-electron chi connectivity index (χ3n) is 4.83. The number of hydrogen-bond donors (Lipinski definition) is 0. The monoisotopic (exact) mass is 276 g/mol. The van der Waals surface area contributed by atoms with Crippen molar-refractivity contribution in [2.45, 2.75) is 33.6 Å². The molecule has 3 rings (SSSR count). The van der Waals surface area contributed by atoms with E-state index < -0.39 is 0 Å². The van der Waals surface area contributed by atoms with Gasteiger partial charge in [-0.2, -0.15) is 0 Å². The summed E-state index contributed by atoms with van der Waals surface area (Å²) in [6.07, 6.45) is 20.2. The quantitative estimate of drug-likeness (QED) is 0.710. The van der Waals surface area contributed by atoms with Crippen LogP contribution >= 0.6 is 0 Å². The molecule has 2 aliphatic rings. The smallest absolute Gasteiger partial charge is 0.000663 e. The molecule has 0 N–H and O–H groups in total. The van der Waals surface area contributed by atoms with E-state index in [0.717, 1.165) is 12.8 Å². The average molecular weight is 276 g/mol. The number of benzene rings is 1. The standard InChI is InChI=1S/C21H24/c1-15-12-16(2)21(14-19-10-6-7-11-19)17(3)20(15)13-18-8-4-5-9-18/h4-12,18-19H,13-14H2,1-3H3. The van der Waals surface area contributed by atoms with Crippen LogP contribution in [-0.4, -0.2) is 0 Å². The van der Waals surface area contributed by atoms with Gasteiger partial charge in [0.1, 0.15) is 0 Å². The number of allylic oxidation sites excluding steroid dienone is 8. The molecule has 21 heavy (non-hydrogen) atoms. The van der Waals surface area contributed by atoms with Gasteiger partial charge < -0.3 is 0 Å². The first-order chi connectivity index (χ1) is 10.1. The van der Waals surface area contributed by atoms with Gasteiger partial charge in [-0.15, -0.1) is 0 Å². The Kier molecular flexibility index (Phi) is 3.96. The maximum absolute atomic E-state index is 2.38. The van der Waals surface area contributed by atoms with Crippen LogP contribution < -0.4 is 0 Å². The van der Waals surface area contributed by atoms with Gasteiger partial charge in [-0.05, 0) is 73.3 Å². The molecular formula is C21H24.